The number of nitrogens with zero attached hydrogens (tertiary/aromatic N) is 1. The van der Waals surface area contributed by atoms with Gasteiger partial charge in [-0.2, -0.15) is 13.2 Å². The SMILES string of the molecule is COC1CC(n2cc([SH](C)C)cc(C(F)(F)F)c2=O)C1. The van der Waals surface area contributed by atoms with Crippen molar-refractivity contribution < 1.29 is 17.9 Å². The van der Waals surface area contributed by atoms with E-state index in [1.165, 1.54) is 4.57 Å². The van der Waals surface area contributed by atoms with Gasteiger partial charge in [0, 0.05) is 24.2 Å². The third-order valence-corrected chi connectivity index (χ3v) is 4.92. The molecule has 0 N–H and O–H groups in total. The van der Waals surface area contributed by atoms with E-state index in [0.29, 0.717) is 17.7 Å². The maximum absolute atomic E-state index is 13.0. The van der Waals surface area contributed by atoms with Crippen molar-refractivity contribution >= 4 is 10.9 Å². The second-order valence-electron chi connectivity index (χ2n) is 5.20. The van der Waals surface area contributed by atoms with Crippen LogP contribution in [-0.4, -0.2) is 30.3 Å². The molecule has 0 saturated heterocycles. The minimum absolute atomic E-state index is 0.0367. The van der Waals surface area contributed by atoms with E-state index in [-0.39, 0.29) is 12.1 Å². The van der Waals surface area contributed by atoms with Gasteiger partial charge in [-0.3, -0.25) is 4.79 Å². The molecule has 1 heterocycles. The van der Waals surface area contributed by atoms with Crippen LogP contribution in [0.2, 0.25) is 0 Å². The summed E-state index contributed by atoms with van der Waals surface area (Å²) in [7, 11) is 0.869. The maximum Gasteiger partial charge on any atom is 0.421 e. The quantitative estimate of drug-likeness (QED) is 0.871. The van der Waals surface area contributed by atoms with Crippen LogP contribution in [0.4, 0.5) is 13.2 Å². The van der Waals surface area contributed by atoms with Crippen molar-refractivity contribution in [3.63, 3.8) is 0 Å². The highest BCUT2D eigenvalue weighted by Crippen LogP contribution is 2.37. The van der Waals surface area contributed by atoms with Crippen LogP contribution in [0.5, 0.6) is 0 Å². The van der Waals surface area contributed by atoms with Crippen LogP contribution in [0.1, 0.15) is 24.4 Å². The zero-order valence-electron chi connectivity index (χ0n) is 11.6. The van der Waals surface area contributed by atoms with E-state index in [0.717, 1.165) is 6.07 Å². The molecular formula is C13H18F3NO2S. The van der Waals surface area contributed by atoms with Crippen molar-refractivity contribution in [2.75, 3.05) is 19.6 Å². The lowest BCUT2D eigenvalue weighted by Gasteiger charge is -2.36. The van der Waals surface area contributed by atoms with Crippen molar-refractivity contribution in [3.05, 3.63) is 28.2 Å². The second-order valence-corrected chi connectivity index (χ2v) is 7.50. The number of halogens is 3. The normalized spacial score (nSPS) is 23.4. The number of methoxy groups -OCH3 is 1. The lowest BCUT2D eigenvalue weighted by molar-refractivity contribution is -0.139. The summed E-state index contributed by atoms with van der Waals surface area (Å²) in [4.78, 5) is 12.6. The van der Waals surface area contributed by atoms with Crippen molar-refractivity contribution in [2.24, 2.45) is 0 Å². The minimum atomic E-state index is -4.61. The van der Waals surface area contributed by atoms with Gasteiger partial charge in [-0.25, -0.2) is 10.9 Å². The van der Waals surface area contributed by atoms with Gasteiger partial charge in [-0.05, 0) is 31.4 Å². The van der Waals surface area contributed by atoms with Crippen LogP contribution in [0.25, 0.3) is 0 Å². The van der Waals surface area contributed by atoms with Gasteiger partial charge in [0.2, 0.25) is 0 Å². The largest absolute Gasteiger partial charge is 0.421 e. The lowest BCUT2D eigenvalue weighted by atomic mass is 9.89. The number of thiol groups is 1. The van der Waals surface area contributed by atoms with E-state index in [1.807, 2.05) is 12.5 Å². The van der Waals surface area contributed by atoms with Gasteiger partial charge in [-0.1, -0.05) is 0 Å². The van der Waals surface area contributed by atoms with Crippen LogP contribution >= 0.6 is 10.9 Å². The molecule has 0 atom stereocenters. The predicted molar refractivity (Wildman–Crippen MR) is 73.9 cm³/mol. The average Bonchev–Trinajstić information content (AvgIpc) is 2.27. The molecular weight excluding hydrogens is 291 g/mol. The summed E-state index contributed by atoms with van der Waals surface area (Å²) < 4.78 is 45.3. The molecule has 0 bridgehead atoms. The first kappa shape index (κ1) is 15.4. The zero-order chi connectivity index (χ0) is 15.1. The van der Waals surface area contributed by atoms with Gasteiger partial charge in [0.05, 0.1) is 6.10 Å². The minimum Gasteiger partial charge on any atom is -0.381 e. The fourth-order valence-corrected chi connectivity index (χ4v) is 3.01. The Balaban J connectivity index is 2.46. The highest BCUT2D eigenvalue weighted by atomic mass is 32.2. The smallest absolute Gasteiger partial charge is 0.381 e. The Kier molecular flexibility index (Phi) is 4.20. The Morgan fingerprint density at radius 1 is 1.35 bits per heavy atom. The third-order valence-electron chi connectivity index (χ3n) is 3.65. The van der Waals surface area contributed by atoms with Crippen LogP contribution in [0, 0.1) is 0 Å². The molecule has 7 heteroatoms. The molecule has 1 aliphatic carbocycles. The number of rotatable bonds is 3. The van der Waals surface area contributed by atoms with Gasteiger partial charge in [0.15, 0.2) is 0 Å². The van der Waals surface area contributed by atoms with Crippen molar-refractivity contribution in [3.8, 4) is 0 Å². The van der Waals surface area contributed by atoms with Crippen molar-refractivity contribution in [1.82, 2.24) is 4.57 Å². The Morgan fingerprint density at radius 3 is 2.40 bits per heavy atom. The highest BCUT2D eigenvalue weighted by Gasteiger charge is 2.38. The molecule has 20 heavy (non-hydrogen) atoms. The molecule has 2 rings (SSSR count). The van der Waals surface area contributed by atoms with Gasteiger partial charge in [0.25, 0.3) is 5.56 Å². The van der Waals surface area contributed by atoms with Crippen LogP contribution < -0.4 is 5.56 Å². The molecule has 0 amide bonds. The maximum atomic E-state index is 13.0. The summed E-state index contributed by atoms with van der Waals surface area (Å²) in [5.74, 6) is 0. The van der Waals surface area contributed by atoms with Crippen LogP contribution in [0.3, 0.4) is 0 Å². The molecule has 1 aliphatic rings. The van der Waals surface area contributed by atoms with Gasteiger partial charge >= 0.3 is 6.18 Å². The molecule has 1 fully saturated rings. The molecule has 1 aromatic heterocycles. The molecule has 1 aromatic rings. The second kappa shape index (κ2) is 5.44. The number of ether oxygens (including phenoxy) is 1. The summed E-state index contributed by atoms with van der Waals surface area (Å²) in [6.07, 6.45) is 1.93. The predicted octanol–water partition coefficient (Wildman–Crippen LogP) is 2.84. The average molecular weight is 309 g/mol. The summed E-state index contributed by atoms with van der Waals surface area (Å²) >= 11 is 0. The van der Waals surface area contributed by atoms with E-state index in [4.69, 9.17) is 4.74 Å². The first-order valence-electron chi connectivity index (χ1n) is 6.27. The summed E-state index contributed by atoms with van der Waals surface area (Å²) in [5.41, 5.74) is -2.01. The fourth-order valence-electron chi connectivity index (χ4n) is 2.26. The third kappa shape index (κ3) is 2.88. The van der Waals surface area contributed by atoms with Gasteiger partial charge in [-0.15, -0.1) is 0 Å². The summed E-state index contributed by atoms with van der Waals surface area (Å²) in [6.45, 7) is 0. The Bertz CT molecular complexity index is 548. The highest BCUT2D eigenvalue weighted by molar-refractivity contribution is 8.15. The van der Waals surface area contributed by atoms with Crippen LogP contribution in [-0.2, 0) is 10.9 Å². The van der Waals surface area contributed by atoms with E-state index >= 15 is 0 Å². The lowest BCUT2D eigenvalue weighted by Crippen LogP contribution is -2.39. The molecule has 0 aliphatic heterocycles. The Labute approximate surface area is 118 Å². The molecule has 0 radical (unpaired) electrons. The molecule has 0 spiro atoms. The Morgan fingerprint density at radius 2 is 1.95 bits per heavy atom. The number of hydrogen-bond acceptors (Lipinski definition) is 2. The number of pyridine rings is 1. The first-order valence-corrected chi connectivity index (χ1v) is 8.51. The van der Waals surface area contributed by atoms with E-state index < -0.39 is 28.2 Å². The first-order chi connectivity index (χ1) is 9.24. The molecule has 114 valence electrons. The number of aromatic nitrogens is 1. The zero-order valence-corrected chi connectivity index (χ0v) is 12.5. The molecule has 1 saturated carbocycles. The van der Waals surface area contributed by atoms with Crippen molar-refractivity contribution in [1.29, 1.82) is 0 Å². The fraction of sp³-hybridized carbons (Fsp3) is 0.615. The summed E-state index contributed by atoms with van der Waals surface area (Å²) in [6, 6.07) is 0.806. The number of alkyl halides is 3. The standard InChI is InChI=1S/C13H18F3NO2S/c1-19-9-4-8(5-9)17-7-10(20(2)3)6-11(12(17)18)13(14,15)16/h6-9,20H,4-5H2,1-3H3. The molecule has 0 aromatic carbocycles. The van der Waals surface area contributed by atoms with Crippen LogP contribution in [0.15, 0.2) is 22.0 Å². The van der Waals surface area contributed by atoms with E-state index in [9.17, 15) is 18.0 Å². The monoisotopic (exact) mass is 309 g/mol. The van der Waals surface area contributed by atoms with E-state index in [1.54, 1.807) is 13.3 Å². The summed E-state index contributed by atoms with van der Waals surface area (Å²) in [5, 5.41) is 0. The number of hydrogen-bond donors (Lipinski definition) is 1. The molecule has 3 nitrogen and oxygen atoms in total. The Hall–Kier alpha value is -0.950. The topological polar surface area (TPSA) is 31.2 Å². The van der Waals surface area contributed by atoms with Gasteiger partial charge in [0.1, 0.15) is 5.56 Å². The van der Waals surface area contributed by atoms with E-state index in [2.05, 4.69) is 0 Å². The van der Waals surface area contributed by atoms with Crippen molar-refractivity contribution in [2.45, 2.75) is 36.1 Å². The molecule has 0 unspecified atom stereocenters. The van der Waals surface area contributed by atoms with Gasteiger partial charge < -0.3 is 9.30 Å².